The summed E-state index contributed by atoms with van der Waals surface area (Å²) in [6, 6.07) is 14.8. The van der Waals surface area contributed by atoms with Gasteiger partial charge in [0.2, 0.25) is 11.8 Å². The predicted octanol–water partition coefficient (Wildman–Crippen LogP) is 1.58. The summed E-state index contributed by atoms with van der Waals surface area (Å²) in [6.07, 6.45) is 2.18. The van der Waals surface area contributed by atoms with Gasteiger partial charge in [-0.15, -0.1) is 0 Å². The van der Waals surface area contributed by atoms with Gasteiger partial charge in [0.05, 0.1) is 11.1 Å². The second-order valence-electron chi connectivity index (χ2n) is 9.45. The lowest BCUT2D eigenvalue weighted by Gasteiger charge is -2.41. The summed E-state index contributed by atoms with van der Waals surface area (Å²) in [4.78, 5) is 53.0. The molecule has 0 spiro atoms. The Balaban J connectivity index is 1.28. The molecule has 2 aromatic carbocycles. The number of amides is 4. The first-order valence-corrected chi connectivity index (χ1v) is 11.7. The largest absolute Gasteiger partial charge is 0.330 e. The van der Waals surface area contributed by atoms with E-state index in [2.05, 4.69) is 34.5 Å². The van der Waals surface area contributed by atoms with Crippen LogP contribution in [0.2, 0.25) is 0 Å². The van der Waals surface area contributed by atoms with E-state index in [1.54, 1.807) is 12.1 Å². The van der Waals surface area contributed by atoms with Crippen LogP contribution in [0.3, 0.4) is 0 Å². The molecule has 34 heavy (non-hydrogen) atoms. The van der Waals surface area contributed by atoms with Crippen molar-refractivity contribution in [3.63, 3.8) is 0 Å². The Bertz CT molecular complexity index is 1150. The smallest absolute Gasteiger partial charge is 0.262 e. The van der Waals surface area contributed by atoms with Gasteiger partial charge in [-0.3, -0.25) is 34.3 Å². The number of likely N-dealkylation sites (tertiary alicyclic amines) is 1. The molecule has 2 aromatic rings. The third-order valence-electron chi connectivity index (χ3n) is 7.50. The molecule has 176 valence electrons. The molecule has 8 heteroatoms. The molecular weight excluding hydrogens is 432 g/mol. The Labute approximate surface area is 198 Å². The highest BCUT2D eigenvalue weighted by molar-refractivity contribution is 6.23. The van der Waals surface area contributed by atoms with Crippen molar-refractivity contribution in [1.82, 2.24) is 15.1 Å². The van der Waals surface area contributed by atoms with Crippen LogP contribution in [-0.4, -0.2) is 59.1 Å². The molecule has 3 heterocycles. The Morgan fingerprint density at radius 2 is 1.65 bits per heavy atom. The third kappa shape index (κ3) is 3.82. The summed E-state index contributed by atoms with van der Waals surface area (Å²) in [7, 11) is 0. The molecule has 1 unspecified atom stereocenters. The van der Waals surface area contributed by atoms with E-state index in [9.17, 15) is 19.2 Å². The minimum atomic E-state index is -0.946. The Kier molecular flexibility index (Phi) is 5.79. The fraction of sp³-hybridized carbons (Fsp3) is 0.385. The maximum Gasteiger partial charge on any atom is 0.262 e. The third-order valence-corrected chi connectivity index (χ3v) is 7.50. The zero-order valence-electron chi connectivity index (χ0n) is 19.0. The van der Waals surface area contributed by atoms with Gasteiger partial charge >= 0.3 is 0 Å². The molecule has 8 nitrogen and oxygen atoms in total. The number of nitrogens with zero attached hydrogens (tertiary/aromatic N) is 2. The number of rotatable bonds is 5. The number of piperidine rings is 2. The van der Waals surface area contributed by atoms with E-state index in [1.807, 2.05) is 12.1 Å². The van der Waals surface area contributed by atoms with E-state index in [0.717, 1.165) is 36.4 Å². The highest BCUT2D eigenvalue weighted by Crippen LogP contribution is 2.35. The average molecular weight is 461 g/mol. The molecule has 2 fully saturated rings. The molecule has 3 aliphatic heterocycles. The van der Waals surface area contributed by atoms with Crippen LogP contribution in [0, 0.1) is 0 Å². The van der Waals surface area contributed by atoms with Gasteiger partial charge in [0, 0.05) is 24.9 Å². The van der Waals surface area contributed by atoms with Crippen molar-refractivity contribution >= 4 is 23.6 Å². The maximum atomic E-state index is 13.1. The molecule has 2 saturated heterocycles. The zero-order chi connectivity index (χ0) is 23.9. The molecule has 1 atom stereocenters. The minimum Gasteiger partial charge on any atom is -0.330 e. The van der Waals surface area contributed by atoms with Gasteiger partial charge in [-0.2, -0.15) is 0 Å². The normalized spacial score (nSPS) is 22.6. The second kappa shape index (κ2) is 8.77. The Morgan fingerprint density at radius 3 is 2.32 bits per heavy atom. The van der Waals surface area contributed by atoms with Crippen LogP contribution >= 0.6 is 0 Å². The zero-order valence-corrected chi connectivity index (χ0v) is 19.0. The van der Waals surface area contributed by atoms with Crippen LogP contribution in [0.25, 0.3) is 0 Å². The first-order chi connectivity index (χ1) is 16.4. The molecule has 3 aliphatic rings. The molecule has 0 radical (unpaired) electrons. The SMILES string of the molecule is NCC1(c2ccccc2)CCN(Cc2ccc3c(c2)C(=O)N(C2CCC(=O)NC2=O)C3=O)CC1. The highest BCUT2D eigenvalue weighted by atomic mass is 16.2. The van der Waals surface area contributed by atoms with Crippen molar-refractivity contribution in [2.24, 2.45) is 5.73 Å². The van der Waals surface area contributed by atoms with E-state index in [1.165, 1.54) is 5.56 Å². The van der Waals surface area contributed by atoms with Crippen LogP contribution in [0.5, 0.6) is 0 Å². The van der Waals surface area contributed by atoms with Gasteiger partial charge in [0.15, 0.2) is 0 Å². The van der Waals surface area contributed by atoms with Gasteiger partial charge in [0.25, 0.3) is 11.8 Å². The lowest BCUT2D eigenvalue weighted by molar-refractivity contribution is -0.136. The second-order valence-corrected chi connectivity index (χ2v) is 9.45. The maximum absolute atomic E-state index is 13.1. The van der Waals surface area contributed by atoms with Crippen molar-refractivity contribution in [1.29, 1.82) is 0 Å². The first-order valence-electron chi connectivity index (χ1n) is 11.7. The number of benzene rings is 2. The Morgan fingerprint density at radius 1 is 0.941 bits per heavy atom. The lowest BCUT2D eigenvalue weighted by atomic mass is 9.73. The van der Waals surface area contributed by atoms with Gasteiger partial charge in [-0.1, -0.05) is 36.4 Å². The molecule has 0 aromatic heterocycles. The molecule has 0 bridgehead atoms. The van der Waals surface area contributed by atoms with Crippen molar-refractivity contribution in [2.75, 3.05) is 19.6 Å². The number of fused-ring (bicyclic) bond motifs is 1. The molecular formula is C26H28N4O4. The summed E-state index contributed by atoms with van der Waals surface area (Å²) in [5, 5.41) is 2.22. The van der Waals surface area contributed by atoms with Gasteiger partial charge in [-0.05, 0) is 55.6 Å². The van der Waals surface area contributed by atoms with E-state index >= 15 is 0 Å². The number of hydrogen-bond donors (Lipinski definition) is 2. The van der Waals surface area contributed by atoms with E-state index < -0.39 is 23.8 Å². The number of nitrogens with one attached hydrogen (secondary N) is 1. The summed E-state index contributed by atoms with van der Waals surface area (Å²) in [5.74, 6) is -1.93. The number of hydrogen-bond acceptors (Lipinski definition) is 6. The van der Waals surface area contributed by atoms with Crippen molar-refractivity contribution in [3.05, 3.63) is 70.8 Å². The van der Waals surface area contributed by atoms with E-state index in [4.69, 9.17) is 5.73 Å². The van der Waals surface area contributed by atoms with Crippen LogP contribution in [0.1, 0.15) is 57.5 Å². The summed E-state index contributed by atoms with van der Waals surface area (Å²) in [5.41, 5.74) is 9.06. The molecule has 4 amide bonds. The van der Waals surface area contributed by atoms with Crippen LogP contribution in [-0.2, 0) is 21.5 Å². The van der Waals surface area contributed by atoms with Crippen molar-refractivity contribution in [2.45, 2.75) is 43.7 Å². The van der Waals surface area contributed by atoms with Gasteiger partial charge < -0.3 is 5.73 Å². The molecule has 3 N–H and O–H groups in total. The van der Waals surface area contributed by atoms with Crippen LogP contribution in [0.4, 0.5) is 0 Å². The lowest BCUT2D eigenvalue weighted by Crippen LogP contribution is -2.54. The molecule has 0 aliphatic carbocycles. The monoisotopic (exact) mass is 460 g/mol. The number of carbonyl (C=O) groups is 4. The van der Waals surface area contributed by atoms with E-state index in [-0.39, 0.29) is 24.2 Å². The first kappa shape index (κ1) is 22.4. The minimum absolute atomic E-state index is 0.0134. The average Bonchev–Trinajstić information content (AvgIpc) is 3.10. The molecule has 0 saturated carbocycles. The number of carbonyl (C=O) groups excluding carboxylic acids is 4. The summed E-state index contributed by atoms with van der Waals surface area (Å²) < 4.78 is 0. The summed E-state index contributed by atoms with van der Waals surface area (Å²) >= 11 is 0. The van der Waals surface area contributed by atoms with Gasteiger partial charge in [0.1, 0.15) is 6.04 Å². The van der Waals surface area contributed by atoms with Gasteiger partial charge in [-0.25, -0.2) is 0 Å². The topological polar surface area (TPSA) is 113 Å². The van der Waals surface area contributed by atoms with Crippen LogP contribution in [0.15, 0.2) is 48.5 Å². The van der Waals surface area contributed by atoms with Crippen molar-refractivity contribution < 1.29 is 19.2 Å². The standard InChI is InChI=1S/C26H28N4O4/c27-16-26(18-4-2-1-3-5-18)10-12-29(13-11-26)15-17-6-7-19-20(14-17)25(34)30(24(19)33)21-8-9-22(31)28-23(21)32/h1-7,14,21H,8-13,15-16,27H2,(H,28,31,32). The fourth-order valence-corrected chi connectivity index (χ4v) is 5.42. The van der Waals surface area contributed by atoms with E-state index in [0.29, 0.717) is 24.2 Å². The van der Waals surface area contributed by atoms with Crippen molar-refractivity contribution in [3.8, 4) is 0 Å². The fourth-order valence-electron chi connectivity index (χ4n) is 5.42. The number of nitrogens with two attached hydrogens (primary N) is 1. The Hall–Kier alpha value is -3.36. The van der Waals surface area contributed by atoms with Crippen LogP contribution < -0.4 is 11.1 Å². The molecule has 5 rings (SSSR count). The summed E-state index contributed by atoms with van der Waals surface area (Å²) in [6.45, 7) is 3.05. The highest BCUT2D eigenvalue weighted by Gasteiger charge is 2.44. The number of imide groups is 2. The predicted molar refractivity (Wildman–Crippen MR) is 125 cm³/mol. The quantitative estimate of drug-likeness (QED) is 0.655.